The average Bonchev–Trinajstić information content (AvgIpc) is 2.69. The molecule has 0 saturated carbocycles. The number of hydrogen-bond acceptors (Lipinski definition) is 5. The molecule has 2 aromatic rings. The number of amides is 1. The highest BCUT2D eigenvalue weighted by Crippen LogP contribution is 2.28. The van der Waals surface area contributed by atoms with Crippen LogP contribution in [-0.2, 0) is 14.3 Å². The topological polar surface area (TPSA) is 73.9 Å². The summed E-state index contributed by atoms with van der Waals surface area (Å²) in [5, 5.41) is 2.38. The Bertz CT molecular complexity index is 916. The van der Waals surface area contributed by atoms with Gasteiger partial charge < -0.3 is 19.5 Å². The fourth-order valence-electron chi connectivity index (χ4n) is 2.32. The minimum atomic E-state index is -1.11. The van der Waals surface area contributed by atoms with E-state index in [1.165, 1.54) is 38.3 Å². The molecule has 1 N–H and O–H groups in total. The molecule has 0 aromatic heterocycles. The maximum Gasteiger partial charge on any atom is 0.331 e. The van der Waals surface area contributed by atoms with Gasteiger partial charge in [0.15, 0.2) is 17.6 Å². The van der Waals surface area contributed by atoms with Gasteiger partial charge in [0.2, 0.25) is 0 Å². The second kappa shape index (κ2) is 10.6. The summed E-state index contributed by atoms with van der Waals surface area (Å²) in [7, 11) is 1.52. The lowest BCUT2D eigenvalue weighted by atomic mass is 10.2. The van der Waals surface area contributed by atoms with Crippen molar-refractivity contribution in [3.8, 4) is 11.5 Å². The molecule has 0 spiro atoms. The van der Waals surface area contributed by atoms with E-state index in [0.29, 0.717) is 28.1 Å². The van der Waals surface area contributed by atoms with Crippen molar-refractivity contribution in [2.24, 2.45) is 0 Å². The molecule has 0 aliphatic carbocycles. The minimum absolute atomic E-state index is 0.00174. The smallest absolute Gasteiger partial charge is 0.331 e. The molecule has 154 valence electrons. The highest BCUT2D eigenvalue weighted by molar-refractivity contribution is 9.10. The molecular weight excluding hydrogens is 445 g/mol. The fraction of sp³-hybridized carbons (Fsp3) is 0.238. The number of methoxy groups -OCH3 is 1. The SMILES string of the molecule is CCOc1ccc(/C=C/C(=O)O[C@H](C)C(=O)Nc2ccc(Br)cc2F)cc1OC. The second-order valence-electron chi connectivity index (χ2n) is 5.87. The molecule has 0 heterocycles. The Morgan fingerprint density at radius 3 is 2.62 bits per heavy atom. The number of benzene rings is 2. The number of ether oxygens (including phenoxy) is 3. The molecular formula is C21H21BrFNO5. The molecule has 0 unspecified atom stereocenters. The zero-order valence-corrected chi connectivity index (χ0v) is 17.8. The van der Waals surface area contributed by atoms with Crippen molar-refractivity contribution < 1.29 is 28.2 Å². The van der Waals surface area contributed by atoms with E-state index in [1.807, 2.05) is 6.92 Å². The van der Waals surface area contributed by atoms with Crippen molar-refractivity contribution in [3.63, 3.8) is 0 Å². The lowest BCUT2D eigenvalue weighted by Gasteiger charge is -2.13. The number of esters is 1. The lowest BCUT2D eigenvalue weighted by Crippen LogP contribution is -2.29. The molecule has 0 fully saturated rings. The Morgan fingerprint density at radius 1 is 1.21 bits per heavy atom. The minimum Gasteiger partial charge on any atom is -0.493 e. The third kappa shape index (κ3) is 6.60. The van der Waals surface area contributed by atoms with Crippen LogP contribution in [0.25, 0.3) is 6.08 Å². The van der Waals surface area contributed by atoms with Crippen LogP contribution in [0.4, 0.5) is 10.1 Å². The van der Waals surface area contributed by atoms with Gasteiger partial charge in [-0.3, -0.25) is 4.79 Å². The quantitative estimate of drug-likeness (QED) is 0.456. The van der Waals surface area contributed by atoms with Crippen LogP contribution in [0, 0.1) is 5.82 Å². The summed E-state index contributed by atoms with van der Waals surface area (Å²) in [6, 6.07) is 9.41. The summed E-state index contributed by atoms with van der Waals surface area (Å²) < 4.78 is 30.1. The largest absolute Gasteiger partial charge is 0.493 e. The number of carbonyl (C=O) groups excluding carboxylic acids is 2. The van der Waals surface area contributed by atoms with Crippen LogP contribution in [0.2, 0.25) is 0 Å². The zero-order valence-electron chi connectivity index (χ0n) is 16.2. The first-order chi connectivity index (χ1) is 13.8. The first kappa shape index (κ1) is 22.4. The summed E-state index contributed by atoms with van der Waals surface area (Å²) in [5.74, 6) is -0.824. The van der Waals surface area contributed by atoms with Crippen LogP contribution in [0.5, 0.6) is 11.5 Å². The normalized spacial score (nSPS) is 11.8. The van der Waals surface area contributed by atoms with E-state index in [1.54, 1.807) is 24.3 Å². The zero-order chi connectivity index (χ0) is 21.4. The van der Waals surface area contributed by atoms with Gasteiger partial charge in [-0.1, -0.05) is 22.0 Å². The van der Waals surface area contributed by atoms with Crippen molar-refractivity contribution in [1.82, 2.24) is 0 Å². The van der Waals surface area contributed by atoms with Gasteiger partial charge in [0, 0.05) is 10.5 Å². The lowest BCUT2D eigenvalue weighted by molar-refractivity contribution is -0.148. The monoisotopic (exact) mass is 465 g/mol. The fourth-order valence-corrected chi connectivity index (χ4v) is 2.65. The summed E-state index contributed by atoms with van der Waals surface area (Å²) >= 11 is 3.14. The van der Waals surface area contributed by atoms with Crippen LogP contribution in [0.15, 0.2) is 46.9 Å². The summed E-state index contributed by atoms with van der Waals surface area (Å²) in [5.41, 5.74) is 0.689. The van der Waals surface area contributed by atoms with E-state index in [4.69, 9.17) is 14.2 Å². The summed E-state index contributed by atoms with van der Waals surface area (Å²) in [4.78, 5) is 24.1. The Labute approximate surface area is 176 Å². The van der Waals surface area contributed by atoms with Crippen LogP contribution in [0.1, 0.15) is 19.4 Å². The molecule has 0 radical (unpaired) electrons. The number of carbonyl (C=O) groups is 2. The Kier molecular flexibility index (Phi) is 8.21. The van der Waals surface area contributed by atoms with Gasteiger partial charge >= 0.3 is 5.97 Å². The van der Waals surface area contributed by atoms with Crippen molar-refractivity contribution >= 4 is 39.6 Å². The van der Waals surface area contributed by atoms with E-state index < -0.39 is 23.8 Å². The van der Waals surface area contributed by atoms with Crippen molar-refractivity contribution in [2.45, 2.75) is 20.0 Å². The van der Waals surface area contributed by atoms with Gasteiger partial charge in [-0.15, -0.1) is 0 Å². The van der Waals surface area contributed by atoms with Crippen molar-refractivity contribution in [2.75, 3.05) is 19.0 Å². The number of anilines is 1. The van der Waals surface area contributed by atoms with Crippen molar-refractivity contribution in [3.05, 3.63) is 58.3 Å². The van der Waals surface area contributed by atoms with Crippen molar-refractivity contribution in [1.29, 1.82) is 0 Å². The first-order valence-electron chi connectivity index (χ1n) is 8.79. The molecule has 0 aliphatic rings. The molecule has 0 aliphatic heterocycles. The molecule has 8 heteroatoms. The third-order valence-electron chi connectivity index (χ3n) is 3.75. The first-order valence-corrected chi connectivity index (χ1v) is 9.58. The standard InChI is InChI=1S/C21H21BrFNO5/c1-4-28-18-9-5-14(11-19(18)27-3)6-10-20(25)29-13(2)21(26)24-17-8-7-15(22)12-16(17)23/h5-13H,4H2,1-3H3,(H,24,26)/b10-6+/t13-/m1/s1. The van der Waals surface area contributed by atoms with Gasteiger partial charge in [-0.05, 0) is 55.8 Å². The maximum atomic E-state index is 13.8. The highest BCUT2D eigenvalue weighted by atomic mass is 79.9. The van der Waals surface area contributed by atoms with Gasteiger partial charge in [-0.25, -0.2) is 9.18 Å². The van der Waals surface area contributed by atoms with E-state index >= 15 is 0 Å². The maximum absolute atomic E-state index is 13.8. The van der Waals surface area contributed by atoms with Crippen LogP contribution in [0.3, 0.4) is 0 Å². The molecule has 29 heavy (non-hydrogen) atoms. The molecule has 2 rings (SSSR count). The predicted octanol–water partition coefficient (Wildman–Crippen LogP) is 4.58. The highest BCUT2D eigenvalue weighted by Gasteiger charge is 2.18. The molecule has 6 nitrogen and oxygen atoms in total. The predicted molar refractivity (Wildman–Crippen MR) is 111 cm³/mol. The van der Waals surface area contributed by atoms with E-state index in [0.717, 1.165) is 0 Å². The molecule has 0 bridgehead atoms. The van der Waals surface area contributed by atoms with E-state index in [2.05, 4.69) is 21.2 Å². The van der Waals surface area contributed by atoms with E-state index in [-0.39, 0.29) is 5.69 Å². The van der Waals surface area contributed by atoms with Gasteiger partial charge in [0.05, 0.1) is 19.4 Å². The summed E-state index contributed by atoms with van der Waals surface area (Å²) in [6.07, 6.45) is 1.61. The van der Waals surface area contributed by atoms with Gasteiger partial charge in [-0.2, -0.15) is 0 Å². The molecule has 1 atom stereocenters. The van der Waals surface area contributed by atoms with Crippen LogP contribution >= 0.6 is 15.9 Å². The van der Waals surface area contributed by atoms with Crippen LogP contribution < -0.4 is 14.8 Å². The Morgan fingerprint density at radius 2 is 1.97 bits per heavy atom. The third-order valence-corrected chi connectivity index (χ3v) is 4.24. The Balaban J connectivity index is 1.96. The number of nitrogens with one attached hydrogen (secondary N) is 1. The number of hydrogen-bond donors (Lipinski definition) is 1. The molecule has 0 saturated heterocycles. The average molecular weight is 466 g/mol. The second-order valence-corrected chi connectivity index (χ2v) is 6.78. The Hall–Kier alpha value is -2.87. The van der Waals surface area contributed by atoms with Crippen LogP contribution in [-0.4, -0.2) is 31.7 Å². The van der Waals surface area contributed by atoms with Gasteiger partial charge in [0.1, 0.15) is 5.82 Å². The van der Waals surface area contributed by atoms with Gasteiger partial charge in [0.25, 0.3) is 5.91 Å². The van der Waals surface area contributed by atoms with E-state index in [9.17, 15) is 14.0 Å². The molecule has 2 aromatic carbocycles. The molecule has 1 amide bonds. The summed E-state index contributed by atoms with van der Waals surface area (Å²) in [6.45, 7) is 3.77. The number of halogens is 2. The number of rotatable bonds is 8.